The zero-order valence-electron chi connectivity index (χ0n) is 9.54. The van der Waals surface area contributed by atoms with Crippen LogP contribution in [0.3, 0.4) is 0 Å². The third kappa shape index (κ3) is 4.10. The van der Waals surface area contributed by atoms with Gasteiger partial charge in [0.05, 0.1) is 5.92 Å². The lowest BCUT2D eigenvalue weighted by Gasteiger charge is -2.22. The van der Waals surface area contributed by atoms with Crippen molar-refractivity contribution in [1.29, 1.82) is 0 Å². The molecule has 6 heteroatoms. The van der Waals surface area contributed by atoms with Crippen molar-refractivity contribution in [2.45, 2.75) is 13.5 Å². The molecule has 2 amide bonds. The highest BCUT2D eigenvalue weighted by Crippen LogP contribution is 2.06. The normalized spacial score (nSPS) is 11.8. The molecule has 0 aliphatic heterocycles. The van der Waals surface area contributed by atoms with Crippen LogP contribution in [-0.4, -0.2) is 33.5 Å². The molecule has 1 aromatic rings. The summed E-state index contributed by atoms with van der Waals surface area (Å²) in [6, 6.07) is 2.87. The molecule has 1 heterocycles. The Bertz CT molecular complexity index is 394. The molecule has 3 N–H and O–H groups in total. The van der Waals surface area contributed by atoms with E-state index in [0.29, 0.717) is 0 Å². The molecular formula is C11H15N3O3. The van der Waals surface area contributed by atoms with Crippen LogP contribution in [0.1, 0.15) is 12.5 Å². The minimum absolute atomic E-state index is 0.0903. The van der Waals surface area contributed by atoms with Crippen LogP contribution in [0, 0.1) is 5.92 Å². The summed E-state index contributed by atoms with van der Waals surface area (Å²) < 4.78 is 0. The Balaban J connectivity index is 2.67. The van der Waals surface area contributed by atoms with E-state index in [4.69, 9.17) is 10.8 Å². The molecule has 0 fully saturated rings. The number of aliphatic carboxylic acids is 1. The number of carboxylic acids is 1. The average molecular weight is 237 g/mol. The van der Waals surface area contributed by atoms with Crippen molar-refractivity contribution in [1.82, 2.24) is 9.88 Å². The Morgan fingerprint density at radius 2 is 2.06 bits per heavy atom. The maximum atomic E-state index is 11.2. The average Bonchev–Trinajstić information content (AvgIpc) is 2.29. The van der Waals surface area contributed by atoms with Crippen molar-refractivity contribution < 1.29 is 14.7 Å². The van der Waals surface area contributed by atoms with Crippen molar-refractivity contribution in [2.24, 2.45) is 11.7 Å². The number of pyridine rings is 1. The number of amides is 2. The van der Waals surface area contributed by atoms with E-state index < -0.39 is 17.9 Å². The minimum atomic E-state index is -0.953. The highest BCUT2D eigenvalue weighted by atomic mass is 16.4. The lowest BCUT2D eigenvalue weighted by atomic mass is 10.1. The molecule has 92 valence electrons. The number of carbonyl (C=O) groups excluding carboxylic acids is 1. The number of primary amides is 1. The van der Waals surface area contributed by atoms with Gasteiger partial charge in [0.15, 0.2) is 0 Å². The van der Waals surface area contributed by atoms with Gasteiger partial charge in [-0.15, -0.1) is 0 Å². The molecule has 0 aromatic carbocycles. The molecule has 6 nitrogen and oxygen atoms in total. The van der Waals surface area contributed by atoms with Gasteiger partial charge in [-0.05, 0) is 17.7 Å². The van der Waals surface area contributed by atoms with Gasteiger partial charge >= 0.3 is 12.0 Å². The summed E-state index contributed by atoms with van der Waals surface area (Å²) >= 11 is 0. The first kappa shape index (κ1) is 13.0. The largest absolute Gasteiger partial charge is 0.481 e. The third-order valence-corrected chi connectivity index (χ3v) is 2.35. The minimum Gasteiger partial charge on any atom is -0.481 e. The number of carbonyl (C=O) groups is 2. The summed E-state index contributed by atoms with van der Waals surface area (Å²) in [6.07, 6.45) is 3.21. The number of urea groups is 1. The van der Waals surface area contributed by atoms with Crippen molar-refractivity contribution in [2.75, 3.05) is 6.54 Å². The zero-order valence-corrected chi connectivity index (χ0v) is 9.54. The molecule has 0 saturated heterocycles. The van der Waals surface area contributed by atoms with Gasteiger partial charge in [0.2, 0.25) is 0 Å². The van der Waals surface area contributed by atoms with E-state index in [1.54, 1.807) is 24.5 Å². The SMILES string of the molecule is CC(CN(Cc1ccncc1)C(N)=O)C(=O)O. The number of aromatic nitrogens is 1. The third-order valence-electron chi connectivity index (χ3n) is 2.35. The van der Waals surface area contributed by atoms with E-state index in [1.807, 2.05) is 0 Å². The molecule has 0 aliphatic carbocycles. The van der Waals surface area contributed by atoms with Crippen LogP contribution in [0.4, 0.5) is 4.79 Å². The molecule has 0 aliphatic rings. The standard InChI is InChI=1S/C11H15N3O3/c1-8(10(15)16)6-14(11(12)17)7-9-2-4-13-5-3-9/h2-5,8H,6-7H2,1H3,(H2,12,17)(H,15,16). The predicted octanol–water partition coefficient (Wildman–Crippen LogP) is 0.683. The van der Waals surface area contributed by atoms with Gasteiger partial charge in [-0.2, -0.15) is 0 Å². The maximum Gasteiger partial charge on any atom is 0.315 e. The zero-order chi connectivity index (χ0) is 12.8. The number of carboxylic acid groups (broad SMARTS) is 1. The topological polar surface area (TPSA) is 96.5 Å². The van der Waals surface area contributed by atoms with Gasteiger partial charge in [0.25, 0.3) is 0 Å². The van der Waals surface area contributed by atoms with E-state index >= 15 is 0 Å². The summed E-state index contributed by atoms with van der Waals surface area (Å²) in [6.45, 7) is 1.91. The molecule has 1 atom stereocenters. The first-order valence-corrected chi connectivity index (χ1v) is 5.16. The summed E-state index contributed by atoms with van der Waals surface area (Å²) in [5.41, 5.74) is 6.07. The van der Waals surface area contributed by atoms with Crippen molar-refractivity contribution in [3.8, 4) is 0 Å². The first-order valence-electron chi connectivity index (χ1n) is 5.16. The fraction of sp³-hybridized carbons (Fsp3) is 0.364. The van der Waals surface area contributed by atoms with E-state index in [-0.39, 0.29) is 13.1 Å². The Morgan fingerprint density at radius 1 is 1.47 bits per heavy atom. The van der Waals surface area contributed by atoms with Gasteiger partial charge in [-0.25, -0.2) is 4.79 Å². The van der Waals surface area contributed by atoms with Crippen LogP contribution in [0.5, 0.6) is 0 Å². The first-order chi connectivity index (χ1) is 8.00. The Morgan fingerprint density at radius 3 is 2.53 bits per heavy atom. The second-order valence-electron chi connectivity index (χ2n) is 3.81. The second kappa shape index (κ2) is 5.83. The molecule has 1 rings (SSSR count). The fourth-order valence-corrected chi connectivity index (χ4v) is 1.35. The highest BCUT2D eigenvalue weighted by molar-refractivity contribution is 5.74. The van der Waals surface area contributed by atoms with Gasteiger partial charge in [0.1, 0.15) is 0 Å². The van der Waals surface area contributed by atoms with Crippen LogP contribution < -0.4 is 5.73 Å². The molecular weight excluding hydrogens is 222 g/mol. The second-order valence-corrected chi connectivity index (χ2v) is 3.81. The Kier molecular flexibility index (Phi) is 4.45. The smallest absolute Gasteiger partial charge is 0.315 e. The molecule has 1 aromatic heterocycles. The van der Waals surface area contributed by atoms with Gasteiger partial charge in [-0.1, -0.05) is 6.92 Å². The van der Waals surface area contributed by atoms with Gasteiger partial charge < -0.3 is 15.7 Å². The fourth-order valence-electron chi connectivity index (χ4n) is 1.35. The summed E-state index contributed by atoms with van der Waals surface area (Å²) in [5.74, 6) is -1.60. The number of hydrogen-bond donors (Lipinski definition) is 2. The van der Waals surface area contributed by atoms with Crippen molar-refractivity contribution in [3.05, 3.63) is 30.1 Å². The highest BCUT2D eigenvalue weighted by Gasteiger charge is 2.18. The van der Waals surface area contributed by atoms with Gasteiger partial charge in [0, 0.05) is 25.5 Å². The molecule has 0 radical (unpaired) electrons. The van der Waals surface area contributed by atoms with Crippen LogP contribution >= 0.6 is 0 Å². The van der Waals surface area contributed by atoms with E-state index in [2.05, 4.69) is 4.98 Å². The van der Waals surface area contributed by atoms with Crippen LogP contribution in [-0.2, 0) is 11.3 Å². The molecule has 17 heavy (non-hydrogen) atoms. The van der Waals surface area contributed by atoms with Crippen molar-refractivity contribution in [3.63, 3.8) is 0 Å². The van der Waals surface area contributed by atoms with Crippen molar-refractivity contribution >= 4 is 12.0 Å². The van der Waals surface area contributed by atoms with E-state index in [0.717, 1.165) is 5.56 Å². The molecule has 0 spiro atoms. The van der Waals surface area contributed by atoms with E-state index in [1.165, 1.54) is 11.8 Å². The number of hydrogen-bond acceptors (Lipinski definition) is 3. The maximum absolute atomic E-state index is 11.2. The number of nitrogens with zero attached hydrogens (tertiary/aromatic N) is 2. The summed E-state index contributed by atoms with van der Waals surface area (Å²) in [7, 11) is 0. The van der Waals surface area contributed by atoms with Crippen LogP contribution in [0.2, 0.25) is 0 Å². The monoisotopic (exact) mass is 237 g/mol. The molecule has 1 unspecified atom stereocenters. The summed E-state index contributed by atoms with van der Waals surface area (Å²) in [5, 5.41) is 8.79. The molecule has 0 saturated carbocycles. The lowest BCUT2D eigenvalue weighted by Crippen LogP contribution is -2.39. The van der Waals surface area contributed by atoms with Crippen LogP contribution in [0.15, 0.2) is 24.5 Å². The molecule has 0 bridgehead atoms. The Hall–Kier alpha value is -2.11. The number of rotatable bonds is 5. The summed E-state index contributed by atoms with van der Waals surface area (Å²) in [4.78, 5) is 27.1. The van der Waals surface area contributed by atoms with Crippen LogP contribution in [0.25, 0.3) is 0 Å². The lowest BCUT2D eigenvalue weighted by molar-refractivity contribution is -0.141. The number of nitrogens with two attached hydrogens (primary N) is 1. The van der Waals surface area contributed by atoms with Gasteiger partial charge in [-0.3, -0.25) is 9.78 Å². The van der Waals surface area contributed by atoms with E-state index in [9.17, 15) is 9.59 Å². The predicted molar refractivity (Wildman–Crippen MR) is 61.0 cm³/mol. The quantitative estimate of drug-likeness (QED) is 0.787. The Labute approximate surface area is 99.1 Å².